The Bertz CT molecular complexity index is 210. The molecule has 0 N–H and O–H groups in total. The summed E-state index contributed by atoms with van der Waals surface area (Å²) in [5, 5.41) is 0. The van der Waals surface area contributed by atoms with Crippen LogP contribution in [0.1, 0.15) is 13.3 Å². The van der Waals surface area contributed by atoms with Crippen LogP contribution in [0, 0.1) is 0 Å². The van der Waals surface area contributed by atoms with Crippen LogP contribution in [0.2, 0.25) is 0 Å². The van der Waals surface area contributed by atoms with Gasteiger partial charge in [-0.05, 0) is 27.4 Å². The van der Waals surface area contributed by atoms with E-state index in [-0.39, 0.29) is 0 Å². The summed E-state index contributed by atoms with van der Waals surface area (Å²) in [5.74, 6) is 0. The highest BCUT2D eigenvalue weighted by Gasteiger charge is 2.36. The van der Waals surface area contributed by atoms with Crippen molar-refractivity contribution in [2.45, 2.75) is 25.4 Å². The first-order chi connectivity index (χ1) is 5.70. The van der Waals surface area contributed by atoms with Crippen molar-refractivity contribution in [3.05, 3.63) is 11.6 Å². The van der Waals surface area contributed by atoms with Crippen molar-refractivity contribution in [2.75, 3.05) is 27.2 Å². The Morgan fingerprint density at radius 3 is 2.58 bits per heavy atom. The summed E-state index contributed by atoms with van der Waals surface area (Å²) in [7, 11) is 4.49. The Balaban J connectivity index is 2.18. The highest BCUT2D eigenvalue weighted by Crippen LogP contribution is 2.29. The van der Waals surface area contributed by atoms with E-state index >= 15 is 0 Å². The molecule has 12 heavy (non-hydrogen) atoms. The molecule has 0 spiro atoms. The lowest BCUT2D eigenvalue weighted by atomic mass is 10.0. The molecule has 0 radical (unpaired) electrons. The van der Waals surface area contributed by atoms with Gasteiger partial charge in [0.25, 0.3) is 0 Å². The highest BCUT2D eigenvalue weighted by atomic mass is 15.3. The highest BCUT2D eigenvalue weighted by molar-refractivity contribution is 5.21. The minimum atomic E-state index is 0.698. The lowest BCUT2D eigenvalue weighted by Crippen LogP contribution is -2.55. The smallest absolute Gasteiger partial charge is 0.0461 e. The fourth-order valence-corrected chi connectivity index (χ4v) is 2.54. The van der Waals surface area contributed by atoms with Gasteiger partial charge in [-0.2, -0.15) is 0 Å². The molecule has 1 saturated heterocycles. The van der Waals surface area contributed by atoms with Gasteiger partial charge in [0, 0.05) is 25.2 Å². The van der Waals surface area contributed by atoms with Crippen molar-refractivity contribution < 1.29 is 0 Å². The molecule has 2 rings (SSSR count). The number of nitrogens with zero attached hydrogens (tertiary/aromatic N) is 2. The fourth-order valence-electron chi connectivity index (χ4n) is 2.54. The minimum Gasteiger partial charge on any atom is -0.300 e. The van der Waals surface area contributed by atoms with Crippen molar-refractivity contribution in [2.24, 2.45) is 0 Å². The van der Waals surface area contributed by atoms with E-state index in [9.17, 15) is 0 Å². The maximum Gasteiger partial charge on any atom is 0.0461 e. The van der Waals surface area contributed by atoms with Crippen LogP contribution >= 0.6 is 0 Å². The SMILES string of the molecule is CC1=CCC2C1N(C)CCN2C. The van der Waals surface area contributed by atoms with Gasteiger partial charge >= 0.3 is 0 Å². The van der Waals surface area contributed by atoms with Gasteiger partial charge < -0.3 is 0 Å². The zero-order chi connectivity index (χ0) is 8.72. The van der Waals surface area contributed by atoms with Gasteiger partial charge in [-0.15, -0.1) is 0 Å². The molecule has 2 atom stereocenters. The summed E-state index contributed by atoms with van der Waals surface area (Å²) in [6.45, 7) is 4.70. The van der Waals surface area contributed by atoms with Crippen LogP contribution in [0.4, 0.5) is 0 Å². The Kier molecular flexibility index (Phi) is 1.97. The second-order valence-corrected chi connectivity index (χ2v) is 4.16. The van der Waals surface area contributed by atoms with Crippen LogP contribution in [0.5, 0.6) is 0 Å². The molecule has 0 bridgehead atoms. The molecular formula is C10H18N2. The third-order valence-electron chi connectivity index (χ3n) is 3.36. The average molecular weight is 166 g/mol. The van der Waals surface area contributed by atoms with Crippen molar-refractivity contribution in [1.29, 1.82) is 0 Å². The number of hydrogen-bond donors (Lipinski definition) is 0. The topological polar surface area (TPSA) is 6.48 Å². The molecule has 1 heterocycles. The summed E-state index contributed by atoms with van der Waals surface area (Å²) in [6, 6.07) is 1.45. The van der Waals surface area contributed by atoms with Gasteiger partial charge in [0.1, 0.15) is 0 Å². The maximum atomic E-state index is 2.50. The number of rotatable bonds is 0. The zero-order valence-electron chi connectivity index (χ0n) is 8.25. The first-order valence-electron chi connectivity index (χ1n) is 4.77. The normalized spacial score (nSPS) is 38.1. The first kappa shape index (κ1) is 8.27. The molecule has 1 fully saturated rings. The van der Waals surface area contributed by atoms with E-state index in [0.717, 1.165) is 6.04 Å². The second kappa shape index (κ2) is 2.86. The predicted octanol–water partition coefficient (Wildman–Crippen LogP) is 0.951. The molecule has 0 saturated carbocycles. The summed E-state index contributed by atoms with van der Waals surface area (Å²) in [6.07, 6.45) is 3.64. The third kappa shape index (κ3) is 1.10. The van der Waals surface area contributed by atoms with Crippen molar-refractivity contribution >= 4 is 0 Å². The van der Waals surface area contributed by atoms with E-state index < -0.39 is 0 Å². The fraction of sp³-hybridized carbons (Fsp3) is 0.800. The van der Waals surface area contributed by atoms with E-state index in [2.05, 4.69) is 36.9 Å². The van der Waals surface area contributed by atoms with Gasteiger partial charge in [-0.3, -0.25) is 9.80 Å². The molecule has 2 heteroatoms. The van der Waals surface area contributed by atoms with Gasteiger partial charge in [0.15, 0.2) is 0 Å². The van der Waals surface area contributed by atoms with Crippen molar-refractivity contribution in [3.63, 3.8) is 0 Å². The zero-order valence-corrected chi connectivity index (χ0v) is 8.25. The Morgan fingerprint density at radius 1 is 1.25 bits per heavy atom. The summed E-state index contributed by atoms with van der Waals surface area (Å²) < 4.78 is 0. The minimum absolute atomic E-state index is 0.698. The van der Waals surface area contributed by atoms with E-state index in [1.54, 1.807) is 5.57 Å². The molecule has 0 aromatic rings. The molecule has 0 aromatic heterocycles. The number of fused-ring (bicyclic) bond motifs is 1. The van der Waals surface area contributed by atoms with Crippen LogP contribution in [0.3, 0.4) is 0 Å². The van der Waals surface area contributed by atoms with Gasteiger partial charge in [-0.25, -0.2) is 0 Å². The van der Waals surface area contributed by atoms with E-state index in [4.69, 9.17) is 0 Å². The van der Waals surface area contributed by atoms with Crippen LogP contribution in [-0.2, 0) is 0 Å². The van der Waals surface area contributed by atoms with Crippen LogP contribution in [0.25, 0.3) is 0 Å². The molecule has 2 unspecified atom stereocenters. The summed E-state index contributed by atoms with van der Waals surface area (Å²) >= 11 is 0. The van der Waals surface area contributed by atoms with E-state index in [1.165, 1.54) is 19.5 Å². The first-order valence-corrected chi connectivity index (χ1v) is 4.77. The van der Waals surface area contributed by atoms with E-state index in [1.807, 2.05) is 0 Å². The van der Waals surface area contributed by atoms with Crippen LogP contribution in [-0.4, -0.2) is 49.1 Å². The third-order valence-corrected chi connectivity index (χ3v) is 3.36. The number of likely N-dealkylation sites (N-methyl/N-ethyl adjacent to an activating group) is 2. The molecule has 2 aliphatic rings. The predicted molar refractivity (Wildman–Crippen MR) is 51.2 cm³/mol. The molecule has 2 nitrogen and oxygen atoms in total. The molecular weight excluding hydrogens is 148 g/mol. The number of piperazine rings is 1. The van der Waals surface area contributed by atoms with Gasteiger partial charge in [0.05, 0.1) is 0 Å². The quantitative estimate of drug-likeness (QED) is 0.494. The molecule has 1 aliphatic heterocycles. The lowest BCUT2D eigenvalue weighted by Gasteiger charge is -2.42. The van der Waals surface area contributed by atoms with Gasteiger partial charge in [0.2, 0.25) is 0 Å². The Hall–Kier alpha value is -0.340. The lowest BCUT2D eigenvalue weighted by molar-refractivity contribution is 0.0817. The monoisotopic (exact) mass is 166 g/mol. The van der Waals surface area contributed by atoms with Crippen LogP contribution < -0.4 is 0 Å². The second-order valence-electron chi connectivity index (χ2n) is 4.16. The molecule has 1 aliphatic carbocycles. The Labute approximate surface area is 74.8 Å². The average Bonchev–Trinajstić information content (AvgIpc) is 2.42. The van der Waals surface area contributed by atoms with Gasteiger partial charge in [-0.1, -0.05) is 11.6 Å². The summed E-state index contributed by atoms with van der Waals surface area (Å²) in [5.41, 5.74) is 1.56. The molecule has 68 valence electrons. The van der Waals surface area contributed by atoms with Crippen LogP contribution in [0.15, 0.2) is 11.6 Å². The molecule has 0 amide bonds. The van der Waals surface area contributed by atoms with Crippen molar-refractivity contribution in [3.8, 4) is 0 Å². The number of hydrogen-bond acceptors (Lipinski definition) is 2. The standard InChI is InChI=1S/C10H18N2/c1-8-4-5-9-10(8)12(3)7-6-11(9)2/h4,9-10H,5-7H2,1-3H3. The van der Waals surface area contributed by atoms with Crippen molar-refractivity contribution in [1.82, 2.24) is 9.80 Å². The van der Waals surface area contributed by atoms with E-state index in [0.29, 0.717) is 6.04 Å². The molecule has 0 aromatic carbocycles. The maximum absolute atomic E-state index is 2.50. The largest absolute Gasteiger partial charge is 0.300 e. The Morgan fingerprint density at radius 2 is 1.92 bits per heavy atom. The summed E-state index contributed by atoms with van der Waals surface area (Å²) in [4.78, 5) is 4.99.